The van der Waals surface area contributed by atoms with Gasteiger partial charge < -0.3 is 10.4 Å². The van der Waals surface area contributed by atoms with E-state index in [9.17, 15) is 9.59 Å². The van der Waals surface area contributed by atoms with E-state index in [1.165, 1.54) is 0 Å². The molecule has 0 aromatic carbocycles. The van der Waals surface area contributed by atoms with Gasteiger partial charge in [0.15, 0.2) is 0 Å². The first-order chi connectivity index (χ1) is 9.20. The summed E-state index contributed by atoms with van der Waals surface area (Å²) >= 11 is 0. The highest BCUT2D eigenvalue weighted by molar-refractivity contribution is 5.79. The van der Waals surface area contributed by atoms with Crippen LogP contribution in [0.25, 0.3) is 0 Å². The van der Waals surface area contributed by atoms with Gasteiger partial charge in [0.05, 0.1) is 0 Å². The number of hydrogen-bond donors (Lipinski definition) is 2. The van der Waals surface area contributed by atoms with Gasteiger partial charge in [-0.2, -0.15) is 0 Å². The molecule has 1 amide bonds. The average molecular weight is 283 g/mol. The molecule has 0 heterocycles. The third-order valence-electron chi connectivity index (χ3n) is 4.50. The number of carboxylic acids is 1. The minimum absolute atomic E-state index is 0.0565. The second-order valence-corrected chi connectivity index (χ2v) is 7.26. The lowest BCUT2D eigenvalue weighted by Gasteiger charge is -2.36. The highest BCUT2D eigenvalue weighted by Crippen LogP contribution is 2.39. The maximum Gasteiger partial charge on any atom is 0.303 e. The van der Waals surface area contributed by atoms with Gasteiger partial charge in [0.25, 0.3) is 0 Å². The zero-order valence-corrected chi connectivity index (χ0v) is 13.2. The van der Waals surface area contributed by atoms with Gasteiger partial charge in [0.2, 0.25) is 5.91 Å². The smallest absolute Gasteiger partial charge is 0.303 e. The minimum Gasteiger partial charge on any atom is -0.481 e. The lowest BCUT2D eigenvalue weighted by atomic mass is 9.69. The lowest BCUT2D eigenvalue weighted by molar-refractivity contribution is -0.137. The van der Waals surface area contributed by atoms with Gasteiger partial charge in [-0.25, -0.2) is 0 Å². The van der Waals surface area contributed by atoms with E-state index in [0.717, 1.165) is 25.7 Å². The number of carboxylic acid groups (broad SMARTS) is 1. The first-order valence-corrected chi connectivity index (χ1v) is 7.72. The normalized spacial score (nSPS) is 25.0. The van der Waals surface area contributed by atoms with Gasteiger partial charge in [-0.15, -0.1) is 0 Å². The first kappa shape index (κ1) is 17.0. The Balaban J connectivity index is 2.34. The monoisotopic (exact) mass is 283 g/mol. The second-order valence-electron chi connectivity index (χ2n) is 7.26. The molecule has 116 valence electrons. The van der Waals surface area contributed by atoms with Gasteiger partial charge in [0.1, 0.15) is 0 Å². The Morgan fingerprint density at radius 2 is 1.75 bits per heavy atom. The summed E-state index contributed by atoms with van der Waals surface area (Å²) in [4.78, 5) is 22.7. The number of rotatable bonds is 5. The average Bonchev–Trinajstić information content (AvgIpc) is 2.35. The Bertz CT molecular complexity index is 338. The van der Waals surface area contributed by atoms with Crippen molar-refractivity contribution in [3.8, 4) is 0 Å². The van der Waals surface area contributed by atoms with Gasteiger partial charge in [-0.1, -0.05) is 20.8 Å². The quantitative estimate of drug-likeness (QED) is 0.814. The molecule has 0 saturated heterocycles. The Kier molecular flexibility index (Phi) is 6.03. The van der Waals surface area contributed by atoms with Crippen LogP contribution in [0.2, 0.25) is 0 Å². The largest absolute Gasteiger partial charge is 0.481 e. The fraction of sp³-hybridized carbons (Fsp3) is 0.875. The molecule has 1 unspecified atom stereocenters. The van der Waals surface area contributed by atoms with E-state index in [2.05, 4.69) is 26.1 Å². The molecule has 0 aliphatic heterocycles. The van der Waals surface area contributed by atoms with E-state index in [1.807, 2.05) is 6.92 Å². The summed E-state index contributed by atoms with van der Waals surface area (Å²) in [5, 5.41) is 11.6. The van der Waals surface area contributed by atoms with E-state index in [1.54, 1.807) is 0 Å². The topological polar surface area (TPSA) is 66.4 Å². The van der Waals surface area contributed by atoms with Crippen LogP contribution in [-0.4, -0.2) is 23.0 Å². The molecule has 1 saturated carbocycles. The third kappa shape index (κ3) is 5.51. The molecule has 0 spiro atoms. The summed E-state index contributed by atoms with van der Waals surface area (Å²) in [6, 6.07) is -0.0565. The SMILES string of the molecule is CC(CCC(=O)O)NC(=O)C1CCC(C(C)(C)C)CC1. The third-order valence-corrected chi connectivity index (χ3v) is 4.50. The van der Waals surface area contributed by atoms with Gasteiger partial charge in [0, 0.05) is 18.4 Å². The summed E-state index contributed by atoms with van der Waals surface area (Å²) in [6.07, 6.45) is 4.76. The molecular formula is C16H29NO3. The van der Waals surface area contributed by atoms with Crippen molar-refractivity contribution in [3.05, 3.63) is 0 Å². The van der Waals surface area contributed by atoms with Crippen LogP contribution in [0.3, 0.4) is 0 Å². The van der Waals surface area contributed by atoms with Gasteiger partial charge in [-0.3, -0.25) is 9.59 Å². The zero-order chi connectivity index (χ0) is 15.3. The number of carbonyl (C=O) groups is 2. The Morgan fingerprint density at radius 1 is 1.20 bits per heavy atom. The zero-order valence-electron chi connectivity index (χ0n) is 13.2. The molecule has 0 aromatic rings. The fourth-order valence-electron chi connectivity index (χ4n) is 2.99. The molecule has 0 aromatic heterocycles. The van der Waals surface area contributed by atoms with E-state index < -0.39 is 5.97 Å². The standard InChI is InChI=1S/C16H29NO3/c1-11(5-10-14(18)19)17-15(20)12-6-8-13(9-7-12)16(2,3)4/h11-13H,5-10H2,1-4H3,(H,17,20)(H,18,19). The van der Waals surface area contributed by atoms with Crippen LogP contribution in [-0.2, 0) is 9.59 Å². The van der Waals surface area contributed by atoms with Crippen LogP contribution >= 0.6 is 0 Å². The van der Waals surface area contributed by atoms with Gasteiger partial charge in [-0.05, 0) is 50.4 Å². The van der Waals surface area contributed by atoms with Crippen LogP contribution in [0, 0.1) is 17.3 Å². The van der Waals surface area contributed by atoms with Crippen LogP contribution < -0.4 is 5.32 Å². The molecule has 4 heteroatoms. The minimum atomic E-state index is -0.809. The molecular weight excluding hydrogens is 254 g/mol. The summed E-state index contributed by atoms with van der Waals surface area (Å²) in [5.74, 6) is 0.115. The first-order valence-electron chi connectivity index (χ1n) is 7.72. The van der Waals surface area contributed by atoms with E-state index in [4.69, 9.17) is 5.11 Å². The Labute approximate surface area is 122 Å². The molecule has 1 fully saturated rings. The molecule has 20 heavy (non-hydrogen) atoms. The number of nitrogens with one attached hydrogen (secondary N) is 1. The predicted molar refractivity (Wildman–Crippen MR) is 79.4 cm³/mol. The van der Waals surface area contributed by atoms with E-state index in [-0.39, 0.29) is 24.3 Å². The molecule has 0 bridgehead atoms. The van der Waals surface area contributed by atoms with Crippen molar-refractivity contribution < 1.29 is 14.7 Å². The van der Waals surface area contributed by atoms with Crippen molar-refractivity contribution >= 4 is 11.9 Å². The summed E-state index contributed by atoms with van der Waals surface area (Å²) in [7, 11) is 0. The summed E-state index contributed by atoms with van der Waals surface area (Å²) < 4.78 is 0. The number of aliphatic carboxylic acids is 1. The highest BCUT2D eigenvalue weighted by Gasteiger charge is 2.32. The van der Waals surface area contributed by atoms with Crippen LogP contribution in [0.4, 0.5) is 0 Å². The van der Waals surface area contributed by atoms with Crippen LogP contribution in [0.5, 0.6) is 0 Å². The highest BCUT2D eigenvalue weighted by atomic mass is 16.4. The number of hydrogen-bond acceptors (Lipinski definition) is 2. The maximum atomic E-state index is 12.2. The predicted octanol–water partition coefficient (Wildman–Crippen LogP) is 3.21. The van der Waals surface area contributed by atoms with Crippen molar-refractivity contribution in [2.45, 2.75) is 72.3 Å². The lowest BCUT2D eigenvalue weighted by Crippen LogP contribution is -2.39. The van der Waals surface area contributed by atoms with Crippen molar-refractivity contribution in [1.29, 1.82) is 0 Å². The van der Waals surface area contributed by atoms with E-state index >= 15 is 0 Å². The van der Waals surface area contributed by atoms with Crippen molar-refractivity contribution in [3.63, 3.8) is 0 Å². The molecule has 0 radical (unpaired) electrons. The van der Waals surface area contributed by atoms with Crippen LogP contribution in [0.1, 0.15) is 66.2 Å². The molecule has 4 nitrogen and oxygen atoms in total. The number of carbonyl (C=O) groups excluding carboxylic acids is 1. The maximum absolute atomic E-state index is 12.2. The van der Waals surface area contributed by atoms with Crippen molar-refractivity contribution in [2.75, 3.05) is 0 Å². The van der Waals surface area contributed by atoms with Gasteiger partial charge >= 0.3 is 5.97 Å². The Hall–Kier alpha value is -1.06. The number of amides is 1. The fourth-order valence-corrected chi connectivity index (χ4v) is 2.99. The molecule has 1 atom stereocenters. The second kappa shape index (κ2) is 7.09. The molecule has 1 rings (SSSR count). The van der Waals surface area contributed by atoms with E-state index in [0.29, 0.717) is 17.8 Å². The van der Waals surface area contributed by atoms with Crippen molar-refractivity contribution in [1.82, 2.24) is 5.32 Å². The van der Waals surface area contributed by atoms with Crippen molar-refractivity contribution in [2.24, 2.45) is 17.3 Å². The molecule has 1 aliphatic carbocycles. The Morgan fingerprint density at radius 3 is 2.20 bits per heavy atom. The molecule has 1 aliphatic rings. The summed E-state index contributed by atoms with van der Waals surface area (Å²) in [5.41, 5.74) is 0.330. The van der Waals surface area contributed by atoms with Crippen LogP contribution in [0.15, 0.2) is 0 Å². The summed E-state index contributed by atoms with van der Waals surface area (Å²) in [6.45, 7) is 8.69. The molecule has 2 N–H and O–H groups in total.